The van der Waals surface area contributed by atoms with Gasteiger partial charge in [0.25, 0.3) is 5.91 Å². The number of sulfone groups is 1. The number of hydroxylamine groups is 1. The molecule has 11 heteroatoms. The minimum Gasteiger partial charge on any atom is -0.444 e. The minimum absolute atomic E-state index is 0.00557. The fraction of sp³-hybridized carbons (Fsp3) is 0.316. The SMILES string of the molecule is C[C@@](C[C@H]1CN(c2ccc(-c3ccncc3F)cc2)C(=O)O1)(C(=O)NO)S(C)(=O)=O. The Morgan fingerprint density at radius 2 is 2.03 bits per heavy atom. The van der Waals surface area contributed by atoms with Gasteiger partial charge in [0.15, 0.2) is 14.6 Å². The van der Waals surface area contributed by atoms with Gasteiger partial charge in [0.05, 0.1) is 12.7 Å². The number of cyclic esters (lactones) is 1. The molecule has 1 aromatic heterocycles. The Balaban J connectivity index is 1.79. The Hall–Kier alpha value is -3.05. The summed E-state index contributed by atoms with van der Waals surface area (Å²) in [5, 5.41) is 8.92. The third-order valence-electron chi connectivity index (χ3n) is 5.15. The van der Waals surface area contributed by atoms with Crippen LogP contribution in [0.5, 0.6) is 0 Å². The summed E-state index contributed by atoms with van der Waals surface area (Å²) < 4.78 is 41.4. The summed E-state index contributed by atoms with van der Waals surface area (Å²) >= 11 is 0. The number of pyridine rings is 1. The zero-order valence-electron chi connectivity index (χ0n) is 16.2. The van der Waals surface area contributed by atoms with Crippen molar-refractivity contribution in [1.29, 1.82) is 0 Å². The third kappa shape index (κ3) is 3.98. The van der Waals surface area contributed by atoms with Crippen LogP contribution in [0.4, 0.5) is 14.9 Å². The molecule has 2 atom stereocenters. The first-order valence-electron chi connectivity index (χ1n) is 8.89. The van der Waals surface area contributed by atoms with Crippen LogP contribution in [0.1, 0.15) is 13.3 Å². The van der Waals surface area contributed by atoms with Crippen molar-refractivity contribution in [1.82, 2.24) is 10.5 Å². The zero-order chi connectivity index (χ0) is 22.1. The number of carbonyl (C=O) groups is 2. The molecule has 0 bridgehead atoms. The molecule has 30 heavy (non-hydrogen) atoms. The Morgan fingerprint density at radius 1 is 1.37 bits per heavy atom. The zero-order valence-corrected chi connectivity index (χ0v) is 17.0. The van der Waals surface area contributed by atoms with Gasteiger partial charge in [-0.3, -0.25) is 19.9 Å². The summed E-state index contributed by atoms with van der Waals surface area (Å²) in [6, 6.07) is 8.01. The van der Waals surface area contributed by atoms with E-state index in [2.05, 4.69) is 4.98 Å². The van der Waals surface area contributed by atoms with Crippen LogP contribution in [-0.4, -0.2) is 54.3 Å². The minimum atomic E-state index is -3.93. The summed E-state index contributed by atoms with van der Waals surface area (Å²) in [6.07, 6.45) is 1.51. The summed E-state index contributed by atoms with van der Waals surface area (Å²) in [6.45, 7) is 1.16. The molecule has 2 heterocycles. The smallest absolute Gasteiger partial charge is 0.414 e. The van der Waals surface area contributed by atoms with Crippen LogP contribution in [0.25, 0.3) is 11.1 Å². The second-order valence-electron chi connectivity index (χ2n) is 7.17. The monoisotopic (exact) mass is 437 g/mol. The number of nitrogens with zero attached hydrogens (tertiary/aromatic N) is 2. The van der Waals surface area contributed by atoms with Crippen LogP contribution in [0.15, 0.2) is 42.7 Å². The number of ether oxygens (including phenoxy) is 1. The lowest BCUT2D eigenvalue weighted by atomic mass is 10.0. The van der Waals surface area contributed by atoms with Gasteiger partial charge in [-0.1, -0.05) is 12.1 Å². The van der Waals surface area contributed by atoms with Gasteiger partial charge in [0.1, 0.15) is 11.9 Å². The van der Waals surface area contributed by atoms with Crippen molar-refractivity contribution in [3.63, 3.8) is 0 Å². The number of halogens is 1. The molecule has 0 radical (unpaired) electrons. The number of carbonyl (C=O) groups excluding carboxylic acids is 2. The Kier molecular flexibility index (Phi) is 5.77. The molecule has 9 nitrogen and oxygen atoms in total. The Labute approximate surface area is 172 Å². The van der Waals surface area contributed by atoms with E-state index in [1.807, 2.05) is 0 Å². The van der Waals surface area contributed by atoms with Crippen LogP contribution in [0.2, 0.25) is 0 Å². The molecule has 1 fully saturated rings. The molecule has 3 rings (SSSR count). The van der Waals surface area contributed by atoms with Crippen LogP contribution in [0.3, 0.4) is 0 Å². The van der Waals surface area contributed by atoms with Gasteiger partial charge in [-0.25, -0.2) is 23.1 Å². The maximum Gasteiger partial charge on any atom is 0.414 e. The van der Waals surface area contributed by atoms with Crippen molar-refractivity contribution in [2.75, 3.05) is 17.7 Å². The van der Waals surface area contributed by atoms with E-state index in [4.69, 9.17) is 9.94 Å². The molecule has 1 saturated heterocycles. The molecule has 2 N–H and O–H groups in total. The molecule has 160 valence electrons. The highest BCUT2D eigenvalue weighted by molar-refractivity contribution is 7.92. The van der Waals surface area contributed by atoms with Crippen molar-refractivity contribution in [3.05, 3.63) is 48.5 Å². The number of aromatic nitrogens is 1. The van der Waals surface area contributed by atoms with Gasteiger partial charge in [0, 0.05) is 30.1 Å². The highest BCUT2D eigenvalue weighted by Crippen LogP contribution is 2.31. The van der Waals surface area contributed by atoms with Gasteiger partial charge >= 0.3 is 6.09 Å². The average molecular weight is 437 g/mol. The first-order valence-corrected chi connectivity index (χ1v) is 10.8. The maximum atomic E-state index is 13.9. The van der Waals surface area contributed by atoms with Crippen LogP contribution >= 0.6 is 0 Å². The van der Waals surface area contributed by atoms with Crippen molar-refractivity contribution in [2.24, 2.45) is 0 Å². The summed E-state index contributed by atoms with van der Waals surface area (Å²) in [5.74, 6) is -1.59. The highest BCUT2D eigenvalue weighted by atomic mass is 32.2. The predicted octanol–water partition coefficient (Wildman–Crippen LogP) is 1.91. The van der Waals surface area contributed by atoms with Gasteiger partial charge in [0.2, 0.25) is 0 Å². The quantitative estimate of drug-likeness (QED) is 0.522. The fourth-order valence-electron chi connectivity index (χ4n) is 3.23. The van der Waals surface area contributed by atoms with Gasteiger partial charge in [-0.15, -0.1) is 0 Å². The molecule has 0 saturated carbocycles. The second kappa shape index (κ2) is 8.00. The van der Waals surface area contributed by atoms with Crippen molar-refractivity contribution in [2.45, 2.75) is 24.2 Å². The average Bonchev–Trinajstić information content (AvgIpc) is 3.06. The number of nitrogens with one attached hydrogen (secondary N) is 1. The number of anilines is 1. The van der Waals surface area contributed by atoms with Crippen molar-refractivity contribution < 1.29 is 32.3 Å². The van der Waals surface area contributed by atoms with Crippen molar-refractivity contribution in [3.8, 4) is 11.1 Å². The Bertz CT molecular complexity index is 1080. The van der Waals surface area contributed by atoms with E-state index in [0.717, 1.165) is 19.4 Å². The molecular formula is C19H20FN3O6S. The molecule has 2 aromatic rings. The number of amides is 2. The molecule has 1 aromatic carbocycles. The lowest BCUT2D eigenvalue weighted by molar-refractivity contribution is -0.132. The summed E-state index contributed by atoms with van der Waals surface area (Å²) in [4.78, 5) is 29.3. The molecule has 0 unspecified atom stereocenters. The van der Waals surface area contributed by atoms with E-state index in [9.17, 15) is 22.4 Å². The van der Waals surface area contributed by atoms with Gasteiger partial charge < -0.3 is 4.74 Å². The first-order chi connectivity index (χ1) is 14.1. The molecule has 1 aliphatic heterocycles. The van der Waals surface area contributed by atoms with E-state index in [1.54, 1.807) is 24.3 Å². The fourth-order valence-corrected chi connectivity index (χ4v) is 4.11. The lowest BCUT2D eigenvalue weighted by Gasteiger charge is -2.26. The topological polar surface area (TPSA) is 126 Å². The molecule has 1 aliphatic rings. The normalized spacial score (nSPS) is 18.6. The third-order valence-corrected chi connectivity index (χ3v) is 7.14. The van der Waals surface area contributed by atoms with E-state index in [1.165, 1.54) is 22.6 Å². The maximum absolute atomic E-state index is 13.9. The van der Waals surface area contributed by atoms with Crippen molar-refractivity contribution >= 4 is 27.5 Å². The lowest BCUT2D eigenvalue weighted by Crippen LogP contribution is -2.51. The summed E-state index contributed by atoms with van der Waals surface area (Å²) in [5.41, 5.74) is 2.77. The van der Waals surface area contributed by atoms with Crippen LogP contribution in [-0.2, 0) is 19.4 Å². The number of hydrogen-bond acceptors (Lipinski definition) is 7. The van der Waals surface area contributed by atoms with Gasteiger partial charge in [-0.2, -0.15) is 0 Å². The highest BCUT2D eigenvalue weighted by Gasteiger charge is 2.48. The molecule has 0 spiro atoms. The Morgan fingerprint density at radius 3 is 2.60 bits per heavy atom. The number of rotatable bonds is 6. The molecule has 0 aliphatic carbocycles. The second-order valence-corrected chi connectivity index (χ2v) is 9.61. The van der Waals surface area contributed by atoms with Crippen LogP contribution < -0.4 is 10.4 Å². The standard InChI is InChI=1S/C19H20FN3O6S/c1-19(17(24)22-26,30(2,27)28)9-14-11-23(18(25)29-14)13-5-3-12(4-6-13)15-7-8-21-10-16(15)20/h3-8,10,14,26H,9,11H2,1-2H3,(H,22,24)/t14-,19+/m0/s1. The van der Waals surface area contributed by atoms with E-state index >= 15 is 0 Å². The summed E-state index contributed by atoms with van der Waals surface area (Å²) in [7, 11) is -3.93. The molecule has 2 amide bonds. The van der Waals surface area contributed by atoms with E-state index < -0.39 is 38.5 Å². The van der Waals surface area contributed by atoms with Crippen LogP contribution in [0, 0.1) is 5.82 Å². The molecular weight excluding hydrogens is 417 g/mol. The van der Waals surface area contributed by atoms with Gasteiger partial charge in [-0.05, 0) is 30.7 Å². The van der Waals surface area contributed by atoms with E-state index in [0.29, 0.717) is 16.8 Å². The van der Waals surface area contributed by atoms with E-state index in [-0.39, 0.29) is 13.0 Å². The number of hydrogen-bond donors (Lipinski definition) is 2. The first kappa shape index (κ1) is 21.7. The number of benzene rings is 1. The largest absolute Gasteiger partial charge is 0.444 e. The predicted molar refractivity (Wildman–Crippen MR) is 105 cm³/mol.